The SMILES string of the molecule is CCCCNCCNCCNC(=O)/C=C/C(=O)O. The van der Waals surface area contributed by atoms with E-state index in [-0.39, 0.29) is 5.91 Å². The Kier molecular flexibility index (Phi) is 11.1. The Bertz CT molecular complexity index is 267. The number of carbonyl (C=O) groups excluding carboxylic acids is 1. The van der Waals surface area contributed by atoms with Crippen molar-refractivity contribution in [1.29, 1.82) is 0 Å². The van der Waals surface area contributed by atoms with Crippen LogP contribution in [0.1, 0.15) is 19.8 Å². The molecule has 104 valence electrons. The van der Waals surface area contributed by atoms with E-state index in [0.29, 0.717) is 13.1 Å². The molecule has 1 amide bonds. The van der Waals surface area contributed by atoms with Gasteiger partial charge in [0.15, 0.2) is 0 Å². The lowest BCUT2D eigenvalue weighted by atomic mass is 10.3. The highest BCUT2D eigenvalue weighted by molar-refractivity contribution is 5.93. The van der Waals surface area contributed by atoms with Crippen molar-refractivity contribution >= 4 is 11.9 Å². The largest absolute Gasteiger partial charge is 0.478 e. The van der Waals surface area contributed by atoms with Gasteiger partial charge in [0.2, 0.25) is 5.91 Å². The molecule has 0 heterocycles. The molecule has 0 fully saturated rings. The van der Waals surface area contributed by atoms with Crippen LogP contribution in [-0.4, -0.2) is 49.7 Å². The van der Waals surface area contributed by atoms with Gasteiger partial charge in [0.1, 0.15) is 0 Å². The number of unbranched alkanes of at least 4 members (excludes halogenated alkanes) is 1. The summed E-state index contributed by atoms with van der Waals surface area (Å²) in [6, 6.07) is 0. The van der Waals surface area contributed by atoms with Gasteiger partial charge in [-0.25, -0.2) is 4.79 Å². The number of carboxylic acid groups (broad SMARTS) is 1. The highest BCUT2D eigenvalue weighted by Crippen LogP contribution is 1.80. The fraction of sp³-hybridized carbons (Fsp3) is 0.667. The Balaban J connectivity index is 3.25. The number of hydrogen-bond acceptors (Lipinski definition) is 4. The molecule has 0 aromatic rings. The van der Waals surface area contributed by atoms with Crippen LogP contribution in [0.3, 0.4) is 0 Å². The molecule has 6 heteroatoms. The van der Waals surface area contributed by atoms with E-state index in [4.69, 9.17) is 5.11 Å². The van der Waals surface area contributed by atoms with Gasteiger partial charge in [-0.2, -0.15) is 0 Å². The van der Waals surface area contributed by atoms with Gasteiger partial charge in [0.05, 0.1) is 0 Å². The van der Waals surface area contributed by atoms with Gasteiger partial charge in [-0.3, -0.25) is 4.79 Å². The van der Waals surface area contributed by atoms with E-state index in [1.807, 2.05) is 0 Å². The van der Waals surface area contributed by atoms with Crippen molar-refractivity contribution in [3.05, 3.63) is 12.2 Å². The molecule has 0 rings (SSSR count). The first-order valence-corrected chi connectivity index (χ1v) is 6.27. The maximum Gasteiger partial charge on any atom is 0.328 e. The van der Waals surface area contributed by atoms with Gasteiger partial charge in [-0.05, 0) is 13.0 Å². The molecule has 0 aromatic carbocycles. The first kappa shape index (κ1) is 16.6. The van der Waals surface area contributed by atoms with E-state index in [1.165, 1.54) is 12.8 Å². The van der Waals surface area contributed by atoms with Crippen LogP contribution in [0.4, 0.5) is 0 Å². The first-order valence-electron chi connectivity index (χ1n) is 6.27. The maximum absolute atomic E-state index is 11.1. The molecule has 0 bridgehead atoms. The summed E-state index contributed by atoms with van der Waals surface area (Å²) >= 11 is 0. The molecule has 0 atom stereocenters. The normalized spacial score (nSPS) is 10.7. The van der Waals surface area contributed by atoms with Crippen molar-refractivity contribution in [3.8, 4) is 0 Å². The van der Waals surface area contributed by atoms with Gasteiger partial charge < -0.3 is 21.1 Å². The third kappa shape index (κ3) is 12.7. The van der Waals surface area contributed by atoms with E-state index in [9.17, 15) is 9.59 Å². The lowest BCUT2D eigenvalue weighted by molar-refractivity contribution is -0.131. The average molecular weight is 257 g/mol. The number of carbonyl (C=O) groups is 2. The molecule has 6 nitrogen and oxygen atoms in total. The number of rotatable bonds is 11. The van der Waals surface area contributed by atoms with Crippen molar-refractivity contribution in [2.45, 2.75) is 19.8 Å². The van der Waals surface area contributed by atoms with Crippen LogP contribution < -0.4 is 16.0 Å². The summed E-state index contributed by atoms with van der Waals surface area (Å²) in [6.07, 6.45) is 4.21. The van der Waals surface area contributed by atoms with Crippen molar-refractivity contribution in [1.82, 2.24) is 16.0 Å². The van der Waals surface area contributed by atoms with Gasteiger partial charge in [-0.1, -0.05) is 13.3 Å². The monoisotopic (exact) mass is 257 g/mol. The van der Waals surface area contributed by atoms with E-state index < -0.39 is 5.97 Å². The molecule has 0 aromatic heterocycles. The van der Waals surface area contributed by atoms with E-state index in [1.54, 1.807) is 0 Å². The minimum absolute atomic E-state index is 0.389. The number of amides is 1. The molecule has 0 aliphatic heterocycles. The Morgan fingerprint density at radius 2 is 1.61 bits per heavy atom. The summed E-state index contributed by atoms with van der Waals surface area (Å²) < 4.78 is 0. The summed E-state index contributed by atoms with van der Waals surface area (Å²) in [5.41, 5.74) is 0. The van der Waals surface area contributed by atoms with Gasteiger partial charge in [0.25, 0.3) is 0 Å². The van der Waals surface area contributed by atoms with Crippen molar-refractivity contribution in [2.24, 2.45) is 0 Å². The molecule has 4 N–H and O–H groups in total. The Morgan fingerprint density at radius 1 is 1.00 bits per heavy atom. The maximum atomic E-state index is 11.1. The number of hydrogen-bond donors (Lipinski definition) is 4. The standard InChI is InChI=1S/C12H23N3O3/c1-2-3-6-13-7-8-14-9-10-15-11(16)4-5-12(17)18/h4-5,13-14H,2-3,6-10H2,1H3,(H,15,16)(H,17,18)/b5-4+. The summed E-state index contributed by atoms with van der Waals surface area (Å²) in [7, 11) is 0. The topological polar surface area (TPSA) is 90.5 Å². The van der Waals surface area contributed by atoms with Crippen LogP contribution >= 0.6 is 0 Å². The zero-order valence-corrected chi connectivity index (χ0v) is 10.9. The Labute approximate surface area is 108 Å². The average Bonchev–Trinajstić information content (AvgIpc) is 2.34. The molecule has 0 radical (unpaired) electrons. The second-order valence-corrected chi connectivity index (χ2v) is 3.82. The lowest BCUT2D eigenvalue weighted by Crippen LogP contribution is -2.34. The minimum atomic E-state index is -1.12. The summed E-state index contributed by atoms with van der Waals surface area (Å²) in [4.78, 5) is 21.2. The third-order valence-electron chi connectivity index (χ3n) is 2.16. The van der Waals surface area contributed by atoms with Crippen LogP contribution in [-0.2, 0) is 9.59 Å². The second kappa shape index (κ2) is 12.1. The molecular weight excluding hydrogens is 234 g/mol. The number of nitrogens with one attached hydrogen (secondary N) is 3. The van der Waals surface area contributed by atoms with E-state index in [0.717, 1.165) is 31.8 Å². The highest BCUT2D eigenvalue weighted by atomic mass is 16.4. The minimum Gasteiger partial charge on any atom is -0.478 e. The predicted molar refractivity (Wildman–Crippen MR) is 70.4 cm³/mol. The van der Waals surface area contributed by atoms with E-state index in [2.05, 4.69) is 22.9 Å². The molecule has 18 heavy (non-hydrogen) atoms. The van der Waals surface area contributed by atoms with Crippen molar-refractivity contribution < 1.29 is 14.7 Å². The van der Waals surface area contributed by atoms with Crippen LogP contribution in [0.5, 0.6) is 0 Å². The van der Waals surface area contributed by atoms with Crippen LogP contribution in [0.2, 0.25) is 0 Å². The van der Waals surface area contributed by atoms with Gasteiger partial charge >= 0.3 is 5.97 Å². The van der Waals surface area contributed by atoms with Gasteiger partial charge in [-0.15, -0.1) is 0 Å². The second-order valence-electron chi connectivity index (χ2n) is 3.82. The van der Waals surface area contributed by atoms with Gasteiger partial charge in [0, 0.05) is 38.3 Å². The zero-order chi connectivity index (χ0) is 13.6. The predicted octanol–water partition coefficient (Wildman–Crippen LogP) is -0.277. The Hall–Kier alpha value is -1.40. The number of carboxylic acids is 1. The quantitative estimate of drug-likeness (QED) is 0.302. The molecule has 0 aliphatic carbocycles. The summed E-state index contributed by atoms with van der Waals surface area (Å²) in [5, 5.41) is 17.3. The van der Waals surface area contributed by atoms with Crippen LogP contribution in [0.25, 0.3) is 0 Å². The third-order valence-corrected chi connectivity index (χ3v) is 2.16. The summed E-state index contributed by atoms with van der Waals surface area (Å²) in [5.74, 6) is -1.51. The van der Waals surface area contributed by atoms with E-state index >= 15 is 0 Å². The fourth-order valence-corrected chi connectivity index (χ4v) is 1.21. The summed E-state index contributed by atoms with van der Waals surface area (Å²) in [6.45, 7) is 6.10. The smallest absolute Gasteiger partial charge is 0.328 e. The molecular formula is C12H23N3O3. The lowest BCUT2D eigenvalue weighted by Gasteiger charge is -2.06. The Morgan fingerprint density at radius 3 is 2.22 bits per heavy atom. The fourth-order valence-electron chi connectivity index (χ4n) is 1.21. The van der Waals surface area contributed by atoms with Crippen LogP contribution in [0.15, 0.2) is 12.2 Å². The molecule has 0 saturated heterocycles. The molecule has 0 saturated carbocycles. The van der Waals surface area contributed by atoms with Crippen molar-refractivity contribution in [3.63, 3.8) is 0 Å². The van der Waals surface area contributed by atoms with Crippen LogP contribution in [0, 0.1) is 0 Å². The number of aliphatic carboxylic acids is 1. The zero-order valence-electron chi connectivity index (χ0n) is 10.9. The first-order chi connectivity index (χ1) is 8.66. The highest BCUT2D eigenvalue weighted by Gasteiger charge is 1.95. The molecule has 0 aliphatic rings. The molecule has 0 spiro atoms. The molecule has 0 unspecified atom stereocenters. The van der Waals surface area contributed by atoms with Crippen molar-refractivity contribution in [2.75, 3.05) is 32.7 Å².